The maximum absolute atomic E-state index is 12.9. The Hall–Kier alpha value is -2.23. The fourth-order valence-corrected chi connectivity index (χ4v) is 4.25. The van der Waals surface area contributed by atoms with Crippen molar-refractivity contribution < 1.29 is 9.53 Å². The largest absolute Gasteiger partial charge is 0.495 e. The molecule has 0 N–H and O–H groups in total. The van der Waals surface area contributed by atoms with Gasteiger partial charge in [0.05, 0.1) is 18.5 Å². The Bertz CT molecular complexity index is 1060. The molecule has 3 aromatic rings. The van der Waals surface area contributed by atoms with Gasteiger partial charge < -0.3 is 9.30 Å². The smallest absolute Gasteiger partial charge is 0.165 e. The zero-order valence-corrected chi connectivity index (χ0v) is 17.6. The molecule has 3 nitrogen and oxygen atoms in total. The SMILES string of the molecule is COc1ccc(Cl)cc1-n1c(-c2ccc(Cl)cc2)cc2c1CC(C)(C)CC2=O. The summed E-state index contributed by atoms with van der Waals surface area (Å²) in [5, 5.41) is 1.28. The van der Waals surface area contributed by atoms with Crippen LogP contribution in [-0.4, -0.2) is 17.5 Å². The Morgan fingerprint density at radius 2 is 1.64 bits per heavy atom. The van der Waals surface area contributed by atoms with Crippen molar-refractivity contribution in [3.8, 4) is 22.7 Å². The summed E-state index contributed by atoms with van der Waals surface area (Å²) in [5.41, 5.74) is 4.38. The molecule has 5 heteroatoms. The van der Waals surface area contributed by atoms with Crippen LogP contribution < -0.4 is 4.74 Å². The van der Waals surface area contributed by atoms with Crippen LogP contribution in [0.4, 0.5) is 0 Å². The van der Waals surface area contributed by atoms with E-state index < -0.39 is 0 Å². The van der Waals surface area contributed by atoms with Crippen LogP contribution in [0.1, 0.15) is 36.3 Å². The maximum Gasteiger partial charge on any atom is 0.165 e. The van der Waals surface area contributed by atoms with Crippen LogP contribution in [0.5, 0.6) is 5.75 Å². The van der Waals surface area contributed by atoms with E-state index in [1.54, 1.807) is 13.2 Å². The fraction of sp³-hybridized carbons (Fsp3) is 0.261. The van der Waals surface area contributed by atoms with Gasteiger partial charge in [-0.05, 0) is 53.8 Å². The quantitative estimate of drug-likeness (QED) is 0.483. The zero-order valence-electron chi connectivity index (χ0n) is 16.1. The number of methoxy groups -OCH3 is 1. The molecule has 0 aliphatic heterocycles. The van der Waals surface area contributed by atoms with Crippen molar-refractivity contribution in [3.05, 3.63) is 69.8 Å². The van der Waals surface area contributed by atoms with Crippen molar-refractivity contribution in [2.45, 2.75) is 26.7 Å². The van der Waals surface area contributed by atoms with Crippen molar-refractivity contribution in [2.24, 2.45) is 5.41 Å². The van der Waals surface area contributed by atoms with Gasteiger partial charge in [-0.25, -0.2) is 0 Å². The molecule has 0 spiro atoms. The summed E-state index contributed by atoms with van der Waals surface area (Å²) < 4.78 is 7.73. The predicted molar refractivity (Wildman–Crippen MR) is 114 cm³/mol. The minimum Gasteiger partial charge on any atom is -0.495 e. The normalized spacial score (nSPS) is 15.4. The van der Waals surface area contributed by atoms with Crippen LogP contribution in [0.2, 0.25) is 10.0 Å². The molecule has 28 heavy (non-hydrogen) atoms. The van der Waals surface area contributed by atoms with Crippen molar-refractivity contribution in [2.75, 3.05) is 7.11 Å². The molecule has 0 unspecified atom stereocenters. The van der Waals surface area contributed by atoms with Gasteiger partial charge in [-0.2, -0.15) is 0 Å². The summed E-state index contributed by atoms with van der Waals surface area (Å²) in [6.45, 7) is 4.25. The lowest BCUT2D eigenvalue weighted by atomic mass is 9.76. The third kappa shape index (κ3) is 3.34. The van der Waals surface area contributed by atoms with Gasteiger partial charge in [0.2, 0.25) is 0 Å². The number of carbonyl (C=O) groups is 1. The van der Waals surface area contributed by atoms with E-state index in [0.29, 0.717) is 22.2 Å². The van der Waals surface area contributed by atoms with Crippen LogP contribution in [-0.2, 0) is 6.42 Å². The molecule has 0 radical (unpaired) electrons. The average Bonchev–Trinajstić information content (AvgIpc) is 3.00. The van der Waals surface area contributed by atoms with E-state index >= 15 is 0 Å². The Kier molecular flexibility index (Phi) is 4.76. The third-order valence-electron chi connectivity index (χ3n) is 5.21. The number of hydrogen-bond acceptors (Lipinski definition) is 2. The standard InChI is InChI=1S/C23H21Cl2NO2/c1-23(2)12-20-17(21(27)13-23)11-18(14-4-6-15(24)7-5-14)26(20)19-10-16(25)8-9-22(19)28-3/h4-11H,12-13H2,1-3H3. The summed E-state index contributed by atoms with van der Waals surface area (Å²) in [5.74, 6) is 0.870. The number of ketones is 1. The van der Waals surface area contributed by atoms with Crippen LogP contribution in [0.15, 0.2) is 48.5 Å². The van der Waals surface area contributed by atoms with Crippen LogP contribution in [0, 0.1) is 5.41 Å². The lowest BCUT2D eigenvalue weighted by Crippen LogP contribution is -2.27. The monoisotopic (exact) mass is 413 g/mol. The van der Waals surface area contributed by atoms with Gasteiger partial charge in [0.1, 0.15) is 5.75 Å². The van der Waals surface area contributed by atoms with Gasteiger partial charge in [-0.1, -0.05) is 49.2 Å². The summed E-state index contributed by atoms with van der Waals surface area (Å²) in [7, 11) is 1.64. The minimum atomic E-state index is -0.108. The number of fused-ring (bicyclic) bond motifs is 1. The molecule has 0 fully saturated rings. The highest BCUT2D eigenvalue weighted by Crippen LogP contribution is 2.42. The fourth-order valence-electron chi connectivity index (χ4n) is 3.96. The number of carbonyl (C=O) groups excluding carboxylic acids is 1. The van der Waals surface area contributed by atoms with E-state index in [9.17, 15) is 4.79 Å². The Labute approximate surface area is 174 Å². The van der Waals surface area contributed by atoms with Crippen molar-refractivity contribution in [1.82, 2.24) is 4.57 Å². The minimum absolute atomic E-state index is 0.108. The van der Waals surface area contributed by atoms with E-state index in [0.717, 1.165) is 34.6 Å². The number of rotatable bonds is 3. The first-order chi connectivity index (χ1) is 13.3. The second kappa shape index (κ2) is 6.98. The zero-order chi connectivity index (χ0) is 20.1. The molecule has 1 heterocycles. The number of aromatic nitrogens is 1. The molecule has 1 aliphatic rings. The lowest BCUT2D eigenvalue weighted by Gasteiger charge is -2.30. The summed E-state index contributed by atoms with van der Waals surface area (Å²) in [6.07, 6.45) is 1.33. The second-order valence-corrected chi connectivity index (χ2v) is 8.86. The Balaban J connectivity index is 2.04. The highest BCUT2D eigenvalue weighted by molar-refractivity contribution is 6.31. The molecule has 0 bridgehead atoms. The Morgan fingerprint density at radius 3 is 2.32 bits per heavy atom. The number of ether oxygens (including phenoxy) is 1. The van der Waals surface area contributed by atoms with Crippen molar-refractivity contribution in [3.63, 3.8) is 0 Å². The number of hydrogen-bond donors (Lipinski definition) is 0. The first kappa shape index (κ1) is 19.1. The topological polar surface area (TPSA) is 31.2 Å². The molecule has 2 aromatic carbocycles. The molecule has 0 saturated carbocycles. The molecule has 144 valence electrons. The van der Waals surface area contributed by atoms with Gasteiger partial charge in [0.25, 0.3) is 0 Å². The van der Waals surface area contributed by atoms with Gasteiger partial charge in [-0.3, -0.25) is 4.79 Å². The van der Waals surface area contributed by atoms with E-state index in [-0.39, 0.29) is 11.2 Å². The molecule has 1 aliphatic carbocycles. The molecular weight excluding hydrogens is 393 g/mol. The van der Waals surface area contributed by atoms with Crippen molar-refractivity contribution in [1.29, 1.82) is 0 Å². The first-order valence-electron chi connectivity index (χ1n) is 9.17. The first-order valence-corrected chi connectivity index (χ1v) is 9.92. The van der Waals surface area contributed by atoms with Gasteiger partial charge in [0, 0.05) is 27.7 Å². The number of benzene rings is 2. The second-order valence-electron chi connectivity index (χ2n) is 7.99. The number of Topliss-reactive ketones (excluding diaryl/α,β-unsaturated/α-hetero) is 1. The summed E-state index contributed by atoms with van der Waals surface area (Å²) in [6, 6.07) is 15.2. The van der Waals surface area contributed by atoms with Gasteiger partial charge in [0.15, 0.2) is 5.78 Å². The Morgan fingerprint density at radius 1 is 0.964 bits per heavy atom. The molecule has 1 aromatic heterocycles. The predicted octanol–water partition coefficient (Wildman–Crippen LogP) is 6.61. The highest BCUT2D eigenvalue weighted by Gasteiger charge is 2.35. The van der Waals surface area contributed by atoms with E-state index in [1.165, 1.54) is 0 Å². The van der Waals surface area contributed by atoms with E-state index in [1.807, 2.05) is 42.5 Å². The third-order valence-corrected chi connectivity index (χ3v) is 5.70. The lowest BCUT2D eigenvalue weighted by molar-refractivity contribution is 0.0911. The van der Waals surface area contributed by atoms with Crippen LogP contribution >= 0.6 is 23.2 Å². The number of nitrogens with zero attached hydrogens (tertiary/aromatic N) is 1. The molecule has 4 rings (SSSR count). The highest BCUT2D eigenvalue weighted by atomic mass is 35.5. The molecule has 0 saturated heterocycles. The van der Waals surface area contributed by atoms with Gasteiger partial charge >= 0.3 is 0 Å². The summed E-state index contributed by atoms with van der Waals surface area (Å²) in [4.78, 5) is 12.9. The van der Waals surface area contributed by atoms with Crippen LogP contribution in [0.25, 0.3) is 16.9 Å². The van der Waals surface area contributed by atoms with E-state index in [4.69, 9.17) is 27.9 Å². The van der Waals surface area contributed by atoms with Crippen molar-refractivity contribution >= 4 is 29.0 Å². The average molecular weight is 414 g/mol. The molecule has 0 amide bonds. The summed E-state index contributed by atoms with van der Waals surface area (Å²) >= 11 is 12.4. The molecular formula is C23H21Cl2NO2. The number of halogens is 2. The van der Waals surface area contributed by atoms with Crippen LogP contribution in [0.3, 0.4) is 0 Å². The molecule has 0 atom stereocenters. The maximum atomic E-state index is 12.9. The van der Waals surface area contributed by atoms with Gasteiger partial charge in [-0.15, -0.1) is 0 Å². The van der Waals surface area contributed by atoms with E-state index in [2.05, 4.69) is 18.4 Å².